The summed E-state index contributed by atoms with van der Waals surface area (Å²) in [7, 11) is 0. The minimum atomic E-state index is -5.08. The molecule has 2 aromatic heterocycles. The number of amides is 1. The highest BCUT2D eigenvalue weighted by molar-refractivity contribution is 6.35. The zero-order valence-corrected chi connectivity index (χ0v) is 24.6. The van der Waals surface area contributed by atoms with Crippen molar-refractivity contribution in [2.45, 2.75) is 57.8 Å². The van der Waals surface area contributed by atoms with E-state index in [4.69, 9.17) is 43.8 Å². The number of piperidine rings is 2. The van der Waals surface area contributed by atoms with Gasteiger partial charge in [-0.3, -0.25) is 9.69 Å². The third-order valence-corrected chi connectivity index (χ3v) is 8.25. The number of carbonyl (C=O) groups excluding carboxylic acids is 1. The fourth-order valence-corrected chi connectivity index (χ4v) is 6.16. The second kappa shape index (κ2) is 13.0. The lowest BCUT2D eigenvalue weighted by molar-refractivity contribution is -0.192. The second-order valence-electron chi connectivity index (χ2n) is 10.6. The molecule has 2 fully saturated rings. The maximum Gasteiger partial charge on any atom is 0.490 e. The Labute approximate surface area is 250 Å². The monoisotopic (exact) mass is 629 g/mol. The fourth-order valence-electron chi connectivity index (χ4n) is 5.59. The van der Waals surface area contributed by atoms with Gasteiger partial charge < -0.3 is 15.7 Å². The number of halogens is 5. The van der Waals surface area contributed by atoms with Gasteiger partial charge in [0.25, 0.3) is 5.91 Å². The number of hydrogen-bond acceptors (Lipinski definition) is 7. The maximum atomic E-state index is 12.1. The zero-order valence-electron chi connectivity index (χ0n) is 23.1. The smallest absolute Gasteiger partial charge is 0.475 e. The molecule has 0 bridgehead atoms. The van der Waals surface area contributed by atoms with Gasteiger partial charge in [0.15, 0.2) is 11.3 Å². The van der Waals surface area contributed by atoms with E-state index in [1.165, 1.54) is 32.4 Å². The van der Waals surface area contributed by atoms with Gasteiger partial charge in [0.1, 0.15) is 11.3 Å². The van der Waals surface area contributed by atoms with E-state index in [-0.39, 0.29) is 11.7 Å². The number of hydrogen-bond donors (Lipinski definition) is 2. The lowest BCUT2D eigenvalue weighted by Crippen LogP contribution is -2.51. The molecule has 4 heterocycles. The zero-order chi connectivity index (χ0) is 30.8. The molecule has 15 heteroatoms. The summed E-state index contributed by atoms with van der Waals surface area (Å²) in [6.45, 7) is 8.53. The van der Waals surface area contributed by atoms with Crippen molar-refractivity contribution in [3.63, 3.8) is 0 Å². The van der Waals surface area contributed by atoms with Crippen LogP contribution in [0.5, 0.6) is 0 Å². The summed E-state index contributed by atoms with van der Waals surface area (Å²) in [5, 5.41) is 12.7. The van der Waals surface area contributed by atoms with Crippen LogP contribution >= 0.6 is 23.2 Å². The van der Waals surface area contributed by atoms with Crippen LogP contribution in [0.2, 0.25) is 10.0 Å². The van der Waals surface area contributed by atoms with Crippen molar-refractivity contribution in [3.05, 3.63) is 45.7 Å². The van der Waals surface area contributed by atoms with Crippen LogP contribution in [0, 0.1) is 5.92 Å². The Bertz CT molecular complexity index is 1450. The van der Waals surface area contributed by atoms with E-state index in [2.05, 4.69) is 26.8 Å². The number of aliphatic carboxylic acids is 1. The average Bonchev–Trinajstić information content (AvgIpc) is 3.32. The molecule has 2 saturated heterocycles. The number of nitrogens with zero attached hydrogens (tertiary/aromatic N) is 6. The Kier molecular flexibility index (Phi) is 9.84. The quantitative estimate of drug-likeness (QED) is 0.395. The number of likely N-dealkylation sites (tertiary alicyclic amines) is 1. The third-order valence-electron chi connectivity index (χ3n) is 7.69. The van der Waals surface area contributed by atoms with Gasteiger partial charge in [-0.25, -0.2) is 19.4 Å². The molecular formula is C27H32Cl2F3N7O3. The van der Waals surface area contributed by atoms with Crippen LogP contribution in [-0.2, 0) is 4.79 Å². The topological polar surface area (TPSA) is 130 Å². The Morgan fingerprint density at radius 2 is 1.81 bits per heavy atom. The van der Waals surface area contributed by atoms with E-state index in [1.54, 1.807) is 23.0 Å². The molecule has 0 radical (unpaired) electrons. The van der Waals surface area contributed by atoms with Crippen molar-refractivity contribution in [1.29, 1.82) is 0 Å². The van der Waals surface area contributed by atoms with Crippen molar-refractivity contribution < 1.29 is 27.9 Å². The molecule has 0 saturated carbocycles. The molecule has 1 aromatic carbocycles. The summed E-state index contributed by atoms with van der Waals surface area (Å²) in [6, 6.07) is 5.65. The van der Waals surface area contributed by atoms with E-state index >= 15 is 0 Å². The van der Waals surface area contributed by atoms with Crippen molar-refractivity contribution in [3.8, 4) is 0 Å². The molecule has 5 rings (SSSR count). The predicted molar refractivity (Wildman–Crippen MR) is 153 cm³/mol. The van der Waals surface area contributed by atoms with Crippen LogP contribution in [0.25, 0.3) is 11.2 Å². The Hall–Kier alpha value is -3.16. The van der Waals surface area contributed by atoms with Crippen molar-refractivity contribution in [2.75, 3.05) is 31.1 Å². The number of carboxylic acid groups (broad SMARTS) is 1. The number of alkyl halides is 3. The van der Waals surface area contributed by atoms with Crippen molar-refractivity contribution >= 4 is 52.1 Å². The van der Waals surface area contributed by atoms with Crippen LogP contribution in [0.3, 0.4) is 0 Å². The number of rotatable bonds is 5. The first-order chi connectivity index (χ1) is 19.8. The van der Waals surface area contributed by atoms with Crippen molar-refractivity contribution in [2.24, 2.45) is 11.7 Å². The van der Waals surface area contributed by atoms with E-state index in [0.717, 1.165) is 30.9 Å². The number of benzene rings is 1. The largest absolute Gasteiger partial charge is 0.490 e. The molecule has 3 N–H and O–H groups in total. The number of fused-ring (bicyclic) bond motifs is 1. The second-order valence-corrected chi connectivity index (χ2v) is 11.4. The predicted octanol–water partition coefficient (Wildman–Crippen LogP) is 5.18. The highest BCUT2D eigenvalue weighted by Gasteiger charge is 2.38. The summed E-state index contributed by atoms with van der Waals surface area (Å²) < 4.78 is 33.4. The molecule has 2 aliphatic rings. The minimum Gasteiger partial charge on any atom is -0.475 e. The van der Waals surface area contributed by atoms with E-state index in [0.29, 0.717) is 33.2 Å². The highest BCUT2D eigenvalue weighted by atomic mass is 35.5. The van der Waals surface area contributed by atoms with Crippen LogP contribution in [0.4, 0.5) is 19.0 Å². The third kappa shape index (κ3) is 7.07. The highest BCUT2D eigenvalue weighted by Crippen LogP contribution is 2.32. The molecule has 2 aliphatic heterocycles. The summed E-state index contributed by atoms with van der Waals surface area (Å²) in [5.41, 5.74) is 7.46. The number of anilines is 1. The van der Waals surface area contributed by atoms with E-state index in [9.17, 15) is 18.0 Å². The molecule has 2 unspecified atom stereocenters. The Morgan fingerprint density at radius 1 is 1.14 bits per heavy atom. The summed E-state index contributed by atoms with van der Waals surface area (Å²) >= 11 is 12.6. The molecule has 1 amide bonds. The number of carbonyl (C=O) groups is 2. The SMILES string of the molecule is CC1CN(c2cnc3c(C(N)=O)nn([C@H](C)c4ccc(Cl)cc4Cl)c3n2)CCC1N1CCCCC1.O=C(O)C(F)(F)F. The van der Waals surface area contributed by atoms with Gasteiger partial charge in [-0.05, 0) is 62.9 Å². The molecule has 228 valence electrons. The molecule has 42 heavy (non-hydrogen) atoms. The lowest BCUT2D eigenvalue weighted by Gasteiger charge is -2.44. The van der Waals surface area contributed by atoms with Gasteiger partial charge in [-0.15, -0.1) is 0 Å². The number of nitrogens with two attached hydrogens (primary N) is 1. The van der Waals surface area contributed by atoms with E-state index in [1.807, 2.05) is 13.0 Å². The van der Waals surface area contributed by atoms with Gasteiger partial charge in [0.05, 0.1) is 12.2 Å². The van der Waals surface area contributed by atoms with Gasteiger partial charge in [-0.2, -0.15) is 18.3 Å². The molecule has 10 nitrogen and oxygen atoms in total. The molecule has 3 atom stereocenters. The summed E-state index contributed by atoms with van der Waals surface area (Å²) in [4.78, 5) is 35.5. The maximum absolute atomic E-state index is 12.1. The van der Waals surface area contributed by atoms with E-state index < -0.39 is 18.1 Å². The molecular weight excluding hydrogens is 598 g/mol. The first kappa shape index (κ1) is 31.8. The number of aromatic nitrogens is 4. The molecule has 3 aromatic rings. The first-order valence-corrected chi connectivity index (χ1v) is 14.3. The minimum absolute atomic E-state index is 0.105. The summed E-state index contributed by atoms with van der Waals surface area (Å²) in [6.07, 6.45) is 1.70. The Morgan fingerprint density at radius 3 is 2.38 bits per heavy atom. The fraction of sp³-hybridized carbons (Fsp3) is 0.519. The number of primary amides is 1. The normalized spacial score (nSPS) is 20.6. The van der Waals surface area contributed by atoms with Crippen LogP contribution in [0.15, 0.2) is 24.4 Å². The first-order valence-electron chi connectivity index (χ1n) is 13.6. The van der Waals surface area contributed by atoms with Crippen molar-refractivity contribution in [1.82, 2.24) is 24.6 Å². The van der Waals surface area contributed by atoms with Gasteiger partial charge in [-0.1, -0.05) is 42.6 Å². The Balaban J connectivity index is 0.000000517. The van der Waals surface area contributed by atoms with Crippen LogP contribution < -0.4 is 10.6 Å². The average molecular weight is 630 g/mol. The molecule has 0 spiro atoms. The van der Waals surface area contributed by atoms with Gasteiger partial charge >= 0.3 is 12.1 Å². The van der Waals surface area contributed by atoms with Crippen LogP contribution in [0.1, 0.15) is 61.6 Å². The van der Waals surface area contributed by atoms with Gasteiger partial charge in [0, 0.05) is 29.2 Å². The molecule has 0 aliphatic carbocycles. The lowest BCUT2D eigenvalue weighted by atomic mass is 9.91. The van der Waals surface area contributed by atoms with Gasteiger partial charge in [0.2, 0.25) is 0 Å². The van der Waals surface area contributed by atoms with Crippen LogP contribution in [-0.4, -0.2) is 80.0 Å². The standard InChI is InChI=1S/C25H31Cl2N7O.C2HF3O2/c1-15-14-33(11-8-20(15)32-9-4-3-5-10-32)21-13-29-23-22(24(28)35)31-34(25(23)30-21)16(2)18-7-6-17(26)12-19(18)27;3-2(4,5)1(6)7/h6-7,12-13,15-16,20H,3-5,8-11,14H2,1-2H3,(H2,28,35);(H,6,7)/t15?,16-,20?;/m1./s1. The summed E-state index contributed by atoms with van der Waals surface area (Å²) in [5.74, 6) is -2.08. The number of carboxylic acids is 1.